The van der Waals surface area contributed by atoms with Crippen molar-refractivity contribution < 1.29 is 24.9 Å². The Morgan fingerprint density at radius 2 is 1.12 bits per heavy atom. The van der Waals surface area contributed by atoms with Crippen molar-refractivity contribution in [1.82, 2.24) is 44.8 Å². The zero-order chi connectivity index (χ0) is 42.1. The number of carbonyl (C=O) groups excluding carboxylic acids is 1. The fourth-order valence-corrected chi connectivity index (χ4v) is 5.65. The Bertz CT molecular complexity index is 2730. The Kier molecular flexibility index (Phi) is 12.9. The second kappa shape index (κ2) is 18.6. The highest BCUT2D eigenvalue weighted by molar-refractivity contribution is 5.93. The van der Waals surface area contributed by atoms with Crippen LogP contribution in [0.5, 0.6) is 0 Å². The fraction of sp³-hybridized carbons (Fsp3) is 0.143. The summed E-state index contributed by atoms with van der Waals surface area (Å²) < 4.78 is 3.30. The summed E-state index contributed by atoms with van der Waals surface area (Å²) in [4.78, 5) is 40.3. The number of hydrogen-bond acceptors (Lipinski definition) is 13. The predicted octanol–water partition coefficient (Wildman–Crippen LogP) is 4.26. The Labute approximate surface area is 337 Å². The molecule has 0 saturated heterocycles. The third kappa shape index (κ3) is 10.2. The maximum atomic E-state index is 12.3. The number of nitrogens with two attached hydrogens (primary N) is 3. The quantitative estimate of drug-likeness (QED) is 0.108. The third-order valence-corrected chi connectivity index (χ3v) is 8.58. The molecular weight excluding hydrogens is 753 g/mol. The molecule has 0 aliphatic rings. The van der Waals surface area contributed by atoms with E-state index in [1.165, 1.54) is 6.07 Å². The number of nitrogens with zero attached hydrogens (tertiary/aromatic N) is 8. The van der Waals surface area contributed by atoms with Gasteiger partial charge in [0, 0.05) is 59.8 Å². The monoisotopic (exact) mass is 794 g/mol. The van der Waals surface area contributed by atoms with Crippen LogP contribution in [0.2, 0.25) is 0 Å². The van der Waals surface area contributed by atoms with Crippen LogP contribution in [0.4, 0.5) is 11.4 Å². The number of aliphatic hydroxyl groups excluding tert-OH is 2. The number of fused-ring (bicyclic) bond motifs is 2. The molecule has 2 atom stereocenters. The second-order valence-corrected chi connectivity index (χ2v) is 13.4. The average molecular weight is 795 g/mol. The number of nitrogens with one attached hydrogen (secondary N) is 1. The highest BCUT2D eigenvalue weighted by Gasteiger charge is 2.14. The first kappa shape index (κ1) is 41.0. The van der Waals surface area contributed by atoms with E-state index in [0.29, 0.717) is 29.6 Å². The average Bonchev–Trinajstić information content (AvgIpc) is 3.87. The Morgan fingerprint density at radius 1 is 0.644 bits per heavy atom. The lowest BCUT2D eigenvalue weighted by Crippen LogP contribution is -2.31. The van der Waals surface area contributed by atoms with Gasteiger partial charge < -0.3 is 37.8 Å². The van der Waals surface area contributed by atoms with Gasteiger partial charge >= 0.3 is 5.97 Å². The maximum Gasteiger partial charge on any atom is 0.354 e. The summed E-state index contributed by atoms with van der Waals surface area (Å²) in [5.74, 6) is -0.467. The molecule has 10 N–H and O–H groups in total. The number of hydrogen-bond donors (Lipinski definition) is 7. The van der Waals surface area contributed by atoms with Crippen LogP contribution in [0.15, 0.2) is 122 Å². The van der Waals surface area contributed by atoms with Crippen LogP contribution >= 0.6 is 0 Å². The Balaban J connectivity index is 0.000000180. The van der Waals surface area contributed by atoms with Crippen molar-refractivity contribution in [3.05, 3.63) is 133 Å². The van der Waals surface area contributed by atoms with E-state index in [2.05, 4.69) is 35.5 Å². The van der Waals surface area contributed by atoms with Gasteiger partial charge in [-0.3, -0.25) is 14.8 Å². The molecule has 17 nitrogen and oxygen atoms in total. The molecule has 17 heteroatoms. The number of nitrogen functional groups attached to an aromatic ring is 2. The Morgan fingerprint density at radius 3 is 1.56 bits per heavy atom. The van der Waals surface area contributed by atoms with E-state index >= 15 is 0 Å². The molecule has 0 spiro atoms. The number of pyridine rings is 4. The van der Waals surface area contributed by atoms with Crippen LogP contribution < -0.4 is 22.5 Å². The molecule has 1 amide bonds. The van der Waals surface area contributed by atoms with Crippen LogP contribution in [0.1, 0.15) is 34.8 Å². The molecule has 0 radical (unpaired) electrons. The summed E-state index contributed by atoms with van der Waals surface area (Å²) in [6, 6.07) is 25.5. The summed E-state index contributed by atoms with van der Waals surface area (Å²) in [5.41, 5.74) is 23.3. The summed E-state index contributed by atoms with van der Waals surface area (Å²) in [7, 11) is 0. The topological polar surface area (TPSA) is 272 Å². The first-order chi connectivity index (χ1) is 28.4. The van der Waals surface area contributed by atoms with Gasteiger partial charge in [0.05, 0.1) is 47.0 Å². The van der Waals surface area contributed by atoms with E-state index in [4.69, 9.17) is 27.4 Å². The van der Waals surface area contributed by atoms with Crippen molar-refractivity contribution in [2.45, 2.75) is 26.1 Å². The molecule has 2 aromatic carbocycles. The number of amides is 1. The number of anilines is 2. The first-order valence-corrected chi connectivity index (χ1v) is 18.3. The normalized spacial score (nSPS) is 11.8. The van der Waals surface area contributed by atoms with E-state index in [0.717, 1.165) is 44.1 Å². The Hall–Kier alpha value is -7.60. The second-order valence-electron chi connectivity index (χ2n) is 13.4. The van der Waals surface area contributed by atoms with Gasteiger partial charge in [-0.15, -0.1) is 0 Å². The van der Waals surface area contributed by atoms with Crippen molar-refractivity contribution in [3.8, 4) is 33.9 Å². The number of carbonyl (C=O) groups is 2. The zero-order valence-electron chi connectivity index (χ0n) is 32.1. The zero-order valence-corrected chi connectivity index (χ0v) is 32.1. The fourth-order valence-electron chi connectivity index (χ4n) is 5.65. The summed E-state index contributed by atoms with van der Waals surface area (Å²) in [6.07, 6.45) is 9.18. The van der Waals surface area contributed by atoms with E-state index in [-0.39, 0.29) is 29.9 Å². The van der Waals surface area contributed by atoms with Crippen molar-refractivity contribution >= 4 is 45.1 Å². The van der Waals surface area contributed by atoms with E-state index in [1.807, 2.05) is 48.5 Å². The lowest BCUT2D eigenvalue weighted by molar-refractivity contribution is 0.0690. The van der Waals surface area contributed by atoms with Gasteiger partial charge in [0.25, 0.3) is 5.91 Å². The number of rotatable bonds is 9. The minimum Gasteiger partial charge on any atom is -0.477 e. The van der Waals surface area contributed by atoms with E-state index in [1.54, 1.807) is 90.7 Å². The van der Waals surface area contributed by atoms with E-state index < -0.39 is 12.1 Å². The van der Waals surface area contributed by atoms with Crippen LogP contribution in [0, 0.1) is 0 Å². The predicted molar refractivity (Wildman–Crippen MR) is 225 cm³/mol. The van der Waals surface area contributed by atoms with Gasteiger partial charge in [-0.25, -0.2) is 24.1 Å². The molecule has 0 fully saturated rings. The van der Waals surface area contributed by atoms with Crippen molar-refractivity contribution in [1.29, 1.82) is 0 Å². The van der Waals surface area contributed by atoms with E-state index in [9.17, 15) is 14.7 Å². The highest BCUT2D eigenvalue weighted by atomic mass is 16.4. The summed E-state index contributed by atoms with van der Waals surface area (Å²) in [5, 5.41) is 40.0. The smallest absolute Gasteiger partial charge is 0.354 e. The molecule has 59 heavy (non-hydrogen) atoms. The van der Waals surface area contributed by atoms with Gasteiger partial charge in [0.1, 0.15) is 5.69 Å². The third-order valence-electron chi connectivity index (χ3n) is 8.58. The summed E-state index contributed by atoms with van der Waals surface area (Å²) in [6.45, 7) is 3.78. The van der Waals surface area contributed by atoms with Crippen molar-refractivity contribution in [2.75, 3.05) is 24.6 Å². The number of aliphatic hydroxyl groups is 2. The van der Waals surface area contributed by atoms with Gasteiger partial charge in [0.15, 0.2) is 17.3 Å². The van der Waals surface area contributed by atoms with Crippen LogP contribution in [0.25, 0.3) is 55.7 Å². The van der Waals surface area contributed by atoms with Crippen molar-refractivity contribution in [3.63, 3.8) is 0 Å². The molecule has 8 aromatic rings. The molecule has 0 bridgehead atoms. The largest absolute Gasteiger partial charge is 0.477 e. The highest BCUT2D eigenvalue weighted by Crippen LogP contribution is 2.28. The molecule has 6 aromatic heterocycles. The molecule has 2 unspecified atom stereocenters. The SMILES string of the molecule is CC(O)CN.CC(O)CNC(=O)c1cccc(-n2ncc3ccc(-c4cncc(N)c4)cc32)n1.Nc1cncc(-c2ccc3cnn(-c4cccc(C(=O)O)n4)c3c2)c1. The summed E-state index contributed by atoms with van der Waals surface area (Å²) >= 11 is 0. The number of aromatic carboxylic acids is 1. The number of aromatic nitrogens is 8. The van der Waals surface area contributed by atoms with Gasteiger partial charge in [-0.05, 0) is 73.5 Å². The lowest BCUT2D eigenvalue weighted by Gasteiger charge is -2.09. The van der Waals surface area contributed by atoms with Crippen LogP contribution in [-0.4, -0.2) is 92.0 Å². The van der Waals surface area contributed by atoms with Crippen LogP contribution in [0.3, 0.4) is 0 Å². The molecule has 6 heterocycles. The minimum absolute atomic E-state index is 0.0302. The van der Waals surface area contributed by atoms with Gasteiger partial charge in [0.2, 0.25) is 0 Å². The molecule has 0 saturated carbocycles. The number of carboxylic acids is 1. The van der Waals surface area contributed by atoms with Crippen molar-refractivity contribution in [2.24, 2.45) is 5.73 Å². The molecule has 8 rings (SSSR count). The first-order valence-electron chi connectivity index (χ1n) is 18.3. The molecule has 0 aliphatic carbocycles. The standard InChI is InChI=1S/C21H20N6O2.C18H13N5O2.C3H9NO/c1-13(28)9-24-21(29)18-3-2-4-20(26-18)27-19-8-14(5-6-15(19)11-25-27)16-7-17(22)12-23-10-16;19-14-6-13(8-20-10-14)11-4-5-12-9-21-23(16(12)7-11)17-3-1-2-15(22-17)18(24)25;1-3(5)2-4/h2-8,10-13,28H,9,22H2,1H3,(H,24,29);1-10H,19H2,(H,24,25);3,5H,2,4H2,1H3. The molecule has 0 aliphatic heterocycles. The number of benzene rings is 2. The van der Waals surface area contributed by atoms with Crippen LogP contribution in [-0.2, 0) is 0 Å². The van der Waals surface area contributed by atoms with Gasteiger partial charge in [-0.1, -0.05) is 36.4 Å². The molecule has 300 valence electrons. The van der Waals surface area contributed by atoms with Gasteiger partial charge in [-0.2, -0.15) is 10.2 Å². The number of carboxylic acid groups (broad SMARTS) is 1. The lowest BCUT2D eigenvalue weighted by atomic mass is 10.1. The maximum absolute atomic E-state index is 12.3. The minimum atomic E-state index is -1.08. The molecular formula is C42H42N12O5.